The largest absolute Gasteiger partial charge is 0.416 e. The smallest absolute Gasteiger partial charge is 0.342 e. The number of para-hydroxylation sites is 1. The highest BCUT2D eigenvalue weighted by atomic mass is 19.4. The van der Waals surface area contributed by atoms with E-state index in [1.54, 1.807) is 12.1 Å². The van der Waals surface area contributed by atoms with E-state index in [9.17, 15) is 23.2 Å². The van der Waals surface area contributed by atoms with Crippen LogP contribution in [0.2, 0.25) is 0 Å². The predicted molar refractivity (Wildman–Crippen MR) is 119 cm³/mol. The molecule has 0 atom stereocenters. The number of nitriles is 1. The van der Waals surface area contributed by atoms with E-state index in [0.29, 0.717) is 17.7 Å². The summed E-state index contributed by atoms with van der Waals surface area (Å²) in [5, 5.41) is 14.2. The van der Waals surface area contributed by atoms with Gasteiger partial charge in [0.05, 0.1) is 23.4 Å². The van der Waals surface area contributed by atoms with Crippen LogP contribution in [0.3, 0.4) is 0 Å². The number of halogens is 3. The summed E-state index contributed by atoms with van der Waals surface area (Å²) in [5.74, 6) is -0.746. The minimum absolute atomic E-state index is 0.141. The summed E-state index contributed by atoms with van der Waals surface area (Å²) in [6.07, 6.45) is -1.25. The van der Waals surface area contributed by atoms with Crippen molar-refractivity contribution < 1.29 is 18.0 Å². The minimum Gasteiger partial charge on any atom is -0.342 e. The number of nitrogens with zero attached hydrogens (tertiary/aromatic N) is 3. The van der Waals surface area contributed by atoms with Crippen molar-refractivity contribution in [1.29, 1.82) is 5.26 Å². The molecule has 33 heavy (non-hydrogen) atoms. The van der Waals surface area contributed by atoms with Gasteiger partial charge in [-0.05, 0) is 35.9 Å². The van der Waals surface area contributed by atoms with Crippen LogP contribution in [0.25, 0.3) is 10.9 Å². The molecule has 0 bridgehead atoms. The zero-order chi connectivity index (χ0) is 23.4. The first-order valence-corrected chi connectivity index (χ1v) is 9.93. The molecular weight excluding hydrogens is 429 g/mol. The fourth-order valence-electron chi connectivity index (χ4n) is 3.52. The molecule has 1 heterocycles. The summed E-state index contributed by atoms with van der Waals surface area (Å²) in [6, 6.07) is 21.3. The highest BCUT2D eigenvalue weighted by molar-refractivity contribution is 6.00. The molecule has 0 fully saturated rings. The van der Waals surface area contributed by atoms with E-state index in [1.807, 2.05) is 47.2 Å². The van der Waals surface area contributed by atoms with Crippen LogP contribution >= 0.6 is 0 Å². The van der Waals surface area contributed by atoms with Crippen molar-refractivity contribution in [3.05, 3.63) is 107 Å². The van der Waals surface area contributed by atoms with Crippen molar-refractivity contribution in [2.45, 2.75) is 12.7 Å². The van der Waals surface area contributed by atoms with Crippen molar-refractivity contribution in [2.24, 2.45) is 5.10 Å². The van der Waals surface area contributed by atoms with Gasteiger partial charge in [0.25, 0.3) is 5.91 Å². The maximum Gasteiger partial charge on any atom is 0.416 e. The van der Waals surface area contributed by atoms with Crippen molar-refractivity contribution in [3.63, 3.8) is 0 Å². The molecule has 4 rings (SSSR count). The fraction of sp³-hybridized carbons (Fsp3) is 0.0800. The predicted octanol–water partition coefficient (Wildman–Crippen LogP) is 5.34. The van der Waals surface area contributed by atoms with E-state index in [1.165, 1.54) is 18.3 Å². The summed E-state index contributed by atoms with van der Waals surface area (Å²) in [4.78, 5) is 12.3. The van der Waals surface area contributed by atoms with E-state index in [2.05, 4.69) is 16.6 Å². The number of hydrazone groups is 1. The van der Waals surface area contributed by atoms with Crippen LogP contribution in [0.5, 0.6) is 0 Å². The second-order valence-electron chi connectivity index (χ2n) is 7.28. The second kappa shape index (κ2) is 9.01. The molecule has 5 nitrogen and oxygen atoms in total. The quantitative estimate of drug-likeness (QED) is 0.332. The van der Waals surface area contributed by atoms with Crippen molar-refractivity contribution in [2.75, 3.05) is 0 Å². The minimum atomic E-state index is -4.54. The van der Waals surface area contributed by atoms with Gasteiger partial charge in [-0.3, -0.25) is 4.79 Å². The van der Waals surface area contributed by atoms with Gasteiger partial charge in [-0.15, -0.1) is 0 Å². The number of fused-ring (bicyclic) bond motifs is 1. The average molecular weight is 446 g/mol. The monoisotopic (exact) mass is 446 g/mol. The van der Waals surface area contributed by atoms with E-state index < -0.39 is 17.6 Å². The Bertz CT molecular complexity index is 1400. The lowest BCUT2D eigenvalue weighted by molar-refractivity contribution is -0.137. The van der Waals surface area contributed by atoms with Crippen LogP contribution in [0, 0.1) is 11.3 Å². The molecule has 4 aromatic rings. The molecular formula is C25H17F3N4O. The van der Waals surface area contributed by atoms with Gasteiger partial charge in [0.15, 0.2) is 0 Å². The molecule has 1 aromatic heterocycles. The van der Waals surface area contributed by atoms with E-state index >= 15 is 0 Å². The van der Waals surface area contributed by atoms with Crippen LogP contribution in [-0.2, 0) is 12.7 Å². The number of hydrogen-bond acceptors (Lipinski definition) is 3. The number of amides is 1. The average Bonchev–Trinajstić information content (AvgIpc) is 3.16. The summed E-state index contributed by atoms with van der Waals surface area (Å²) in [5.41, 5.74) is 4.31. The topological polar surface area (TPSA) is 70.2 Å². The molecule has 0 saturated carbocycles. The Morgan fingerprint density at radius 1 is 1.06 bits per heavy atom. The van der Waals surface area contributed by atoms with Gasteiger partial charge >= 0.3 is 6.18 Å². The molecule has 0 aliphatic carbocycles. The Morgan fingerprint density at radius 3 is 2.61 bits per heavy atom. The van der Waals surface area contributed by atoms with Crippen LogP contribution < -0.4 is 5.43 Å². The number of benzene rings is 3. The summed E-state index contributed by atoms with van der Waals surface area (Å²) in [7, 11) is 0. The standard InChI is InChI=1S/C25H17F3N4O/c26-25(27,28)21-9-5-8-17(12-21)24(33)31-30-14-20-16-32(23-11-4-3-10-22(20)23)15-19-7-2-1-6-18(19)13-29/h1-12,14,16H,15H2,(H,31,33)/b30-14+. The van der Waals surface area contributed by atoms with Crippen molar-refractivity contribution in [3.8, 4) is 6.07 Å². The molecule has 0 unspecified atom stereocenters. The van der Waals surface area contributed by atoms with Gasteiger partial charge in [0, 0.05) is 34.8 Å². The van der Waals surface area contributed by atoms with E-state index in [0.717, 1.165) is 28.6 Å². The molecule has 1 amide bonds. The summed E-state index contributed by atoms with van der Waals surface area (Å²) >= 11 is 0. The number of alkyl halides is 3. The first-order valence-electron chi connectivity index (χ1n) is 9.93. The van der Waals surface area contributed by atoms with Gasteiger partial charge in [-0.2, -0.15) is 23.5 Å². The van der Waals surface area contributed by atoms with Gasteiger partial charge in [-0.1, -0.05) is 42.5 Å². The zero-order valence-corrected chi connectivity index (χ0v) is 17.2. The number of hydrogen-bond donors (Lipinski definition) is 1. The number of carbonyl (C=O) groups excluding carboxylic acids is 1. The molecule has 164 valence electrons. The number of rotatable bonds is 5. The first-order chi connectivity index (χ1) is 15.9. The third-order valence-corrected chi connectivity index (χ3v) is 5.12. The third kappa shape index (κ3) is 4.77. The Kier molecular flexibility index (Phi) is 5.96. The second-order valence-corrected chi connectivity index (χ2v) is 7.28. The van der Waals surface area contributed by atoms with Crippen molar-refractivity contribution >= 4 is 23.0 Å². The van der Waals surface area contributed by atoms with Crippen LogP contribution in [-0.4, -0.2) is 16.7 Å². The van der Waals surface area contributed by atoms with Crippen LogP contribution in [0.1, 0.15) is 32.6 Å². The Balaban J connectivity index is 1.57. The maximum atomic E-state index is 12.9. The molecule has 1 N–H and O–H groups in total. The molecule has 3 aromatic carbocycles. The SMILES string of the molecule is N#Cc1ccccc1Cn1cc(/C=N/NC(=O)c2cccc(C(F)(F)F)c2)c2ccccc21. The molecule has 0 aliphatic rings. The summed E-state index contributed by atoms with van der Waals surface area (Å²) < 4.78 is 40.6. The van der Waals surface area contributed by atoms with Gasteiger partial charge < -0.3 is 4.57 Å². The molecule has 0 radical (unpaired) electrons. The van der Waals surface area contributed by atoms with E-state index in [4.69, 9.17) is 0 Å². The maximum absolute atomic E-state index is 12.9. The Morgan fingerprint density at radius 2 is 1.82 bits per heavy atom. The highest BCUT2D eigenvalue weighted by Crippen LogP contribution is 2.29. The Labute approximate surface area is 187 Å². The lowest BCUT2D eigenvalue weighted by Gasteiger charge is -2.07. The van der Waals surface area contributed by atoms with Crippen LogP contribution in [0.15, 0.2) is 84.1 Å². The molecule has 0 aliphatic heterocycles. The first kappa shape index (κ1) is 21.8. The van der Waals surface area contributed by atoms with Gasteiger partial charge in [-0.25, -0.2) is 5.43 Å². The molecule has 0 spiro atoms. The van der Waals surface area contributed by atoms with Crippen molar-refractivity contribution in [1.82, 2.24) is 9.99 Å². The van der Waals surface area contributed by atoms with Gasteiger partial charge in [0.1, 0.15) is 0 Å². The van der Waals surface area contributed by atoms with E-state index in [-0.39, 0.29) is 5.56 Å². The molecule has 8 heteroatoms. The molecule has 0 saturated heterocycles. The highest BCUT2D eigenvalue weighted by Gasteiger charge is 2.30. The van der Waals surface area contributed by atoms with Gasteiger partial charge in [0.2, 0.25) is 0 Å². The number of carbonyl (C=O) groups is 1. The number of nitrogens with one attached hydrogen (secondary N) is 1. The van der Waals surface area contributed by atoms with Crippen LogP contribution in [0.4, 0.5) is 13.2 Å². The summed E-state index contributed by atoms with van der Waals surface area (Å²) in [6.45, 7) is 0.467. The Hall–Kier alpha value is -4.38. The fourth-order valence-corrected chi connectivity index (χ4v) is 3.52. The third-order valence-electron chi connectivity index (χ3n) is 5.12. The lowest BCUT2D eigenvalue weighted by Crippen LogP contribution is -2.18. The number of aromatic nitrogens is 1. The lowest BCUT2D eigenvalue weighted by atomic mass is 10.1. The normalized spacial score (nSPS) is 11.6. The zero-order valence-electron chi connectivity index (χ0n) is 17.2.